The second-order valence-corrected chi connectivity index (χ2v) is 3.33. The van der Waals surface area contributed by atoms with E-state index in [1.54, 1.807) is 0 Å². The van der Waals surface area contributed by atoms with Crippen molar-refractivity contribution in [3.05, 3.63) is 60.2 Å². The van der Waals surface area contributed by atoms with Gasteiger partial charge in [-0.2, -0.15) is 0 Å². The number of nitrogens with two attached hydrogens (primary N) is 1. The molecule has 0 aromatic heterocycles. The van der Waals surface area contributed by atoms with Crippen LogP contribution in [0.5, 0.6) is 0 Å². The van der Waals surface area contributed by atoms with Crippen molar-refractivity contribution in [1.29, 1.82) is 5.41 Å². The minimum Gasteiger partial charge on any atom is -0.384 e. The summed E-state index contributed by atoms with van der Waals surface area (Å²) in [6.07, 6.45) is 0. The van der Waals surface area contributed by atoms with Gasteiger partial charge in [-0.25, -0.2) is 0 Å². The van der Waals surface area contributed by atoms with Gasteiger partial charge in [0.05, 0.1) is 0 Å². The molecular weight excluding hydrogens is 198 g/mol. The zero-order chi connectivity index (χ0) is 10.7. The summed E-state index contributed by atoms with van der Waals surface area (Å²) in [5.41, 5.74) is 8.41. The van der Waals surface area contributed by atoms with Crippen LogP contribution < -0.4 is 11.9 Å². The molecule has 0 bridgehead atoms. The van der Waals surface area contributed by atoms with E-state index in [9.17, 15) is 0 Å². The molecule has 2 rings (SSSR count). The van der Waals surface area contributed by atoms with Crippen molar-refractivity contribution < 1.29 is 0 Å². The molecule has 0 fully saturated rings. The van der Waals surface area contributed by atoms with Crippen LogP contribution in [0.4, 0.5) is 0 Å². The average molecular weight is 213 g/mol. The molecule has 2 aromatic rings. The zero-order valence-electron chi connectivity index (χ0n) is 8.98. The van der Waals surface area contributed by atoms with Crippen LogP contribution in [0.2, 0.25) is 0 Å². The summed E-state index contributed by atoms with van der Waals surface area (Å²) in [5, 5.41) is 7.50. The standard InChI is InChI=1S/C13H12N2.H3N/c14-13(15)12-9-5-4-8-11(12)10-6-2-1-3-7-10;/h1-9H,(H3,14,15);1H3. The summed E-state index contributed by atoms with van der Waals surface area (Å²) in [6.45, 7) is 0. The number of nitrogen functional groups attached to an aromatic ring is 1. The topological polar surface area (TPSA) is 84.9 Å². The molecule has 0 amide bonds. The quantitative estimate of drug-likeness (QED) is 0.529. The lowest BCUT2D eigenvalue weighted by atomic mass is 9.99. The lowest BCUT2D eigenvalue weighted by Gasteiger charge is -2.07. The van der Waals surface area contributed by atoms with Crippen molar-refractivity contribution in [2.24, 2.45) is 5.73 Å². The van der Waals surface area contributed by atoms with Gasteiger partial charge in [0.15, 0.2) is 0 Å². The Labute approximate surface area is 95.0 Å². The fourth-order valence-electron chi connectivity index (χ4n) is 1.59. The molecule has 0 aliphatic heterocycles. The highest BCUT2D eigenvalue weighted by atomic mass is 14.7. The van der Waals surface area contributed by atoms with Gasteiger partial charge in [-0.1, -0.05) is 54.6 Å². The van der Waals surface area contributed by atoms with Crippen molar-refractivity contribution in [3.8, 4) is 11.1 Å². The normalized spacial score (nSPS) is 9.25. The summed E-state index contributed by atoms with van der Waals surface area (Å²) in [7, 11) is 0. The summed E-state index contributed by atoms with van der Waals surface area (Å²) in [5.74, 6) is 0.106. The first-order valence-corrected chi connectivity index (χ1v) is 4.78. The van der Waals surface area contributed by atoms with Gasteiger partial charge in [0.25, 0.3) is 0 Å². The van der Waals surface area contributed by atoms with Gasteiger partial charge >= 0.3 is 0 Å². The Morgan fingerprint density at radius 2 is 1.44 bits per heavy atom. The maximum absolute atomic E-state index is 7.50. The molecule has 0 radical (unpaired) electrons. The van der Waals surface area contributed by atoms with Crippen molar-refractivity contribution >= 4 is 5.84 Å². The summed E-state index contributed by atoms with van der Waals surface area (Å²) in [6, 6.07) is 17.6. The Kier molecular flexibility index (Phi) is 3.80. The Balaban J connectivity index is 0.00000128. The highest BCUT2D eigenvalue weighted by Crippen LogP contribution is 2.22. The van der Waals surface area contributed by atoms with E-state index in [0.717, 1.165) is 16.7 Å². The molecule has 0 unspecified atom stereocenters. The molecule has 6 N–H and O–H groups in total. The van der Waals surface area contributed by atoms with Crippen LogP contribution in [-0.4, -0.2) is 5.84 Å². The molecule has 0 atom stereocenters. The van der Waals surface area contributed by atoms with Crippen LogP contribution in [0.3, 0.4) is 0 Å². The number of hydrogen-bond donors (Lipinski definition) is 3. The lowest BCUT2D eigenvalue weighted by Crippen LogP contribution is -2.12. The van der Waals surface area contributed by atoms with E-state index in [1.165, 1.54) is 0 Å². The van der Waals surface area contributed by atoms with Crippen LogP contribution in [0.1, 0.15) is 5.56 Å². The van der Waals surface area contributed by atoms with Crippen molar-refractivity contribution in [1.82, 2.24) is 6.15 Å². The minimum atomic E-state index is 0. The number of amidine groups is 1. The third-order valence-electron chi connectivity index (χ3n) is 2.30. The first-order chi connectivity index (χ1) is 7.29. The molecular formula is C13H15N3. The molecule has 0 aliphatic carbocycles. The third-order valence-corrected chi connectivity index (χ3v) is 2.30. The maximum atomic E-state index is 7.50. The van der Waals surface area contributed by atoms with Crippen LogP contribution in [0.15, 0.2) is 54.6 Å². The molecule has 82 valence electrons. The van der Waals surface area contributed by atoms with Gasteiger partial charge in [-0.3, -0.25) is 5.41 Å². The molecule has 2 aromatic carbocycles. The number of rotatable bonds is 2. The molecule has 0 aliphatic rings. The van der Waals surface area contributed by atoms with E-state index in [1.807, 2.05) is 54.6 Å². The monoisotopic (exact) mass is 213 g/mol. The first-order valence-electron chi connectivity index (χ1n) is 4.78. The second-order valence-electron chi connectivity index (χ2n) is 3.33. The second kappa shape index (κ2) is 5.09. The van der Waals surface area contributed by atoms with Gasteiger partial charge in [-0.05, 0) is 11.1 Å². The van der Waals surface area contributed by atoms with Gasteiger partial charge in [0.2, 0.25) is 0 Å². The van der Waals surface area contributed by atoms with E-state index in [-0.39, 0.29) is 12.0 Å². The highest BCUT2D eigenvalue weighted by Gasteiger charge is 2.05. The molecule has 3 heteroatoms. The van der Waals surface area contributed by atoms with E-state index >= 15 is 0 Å². The number of nitrogens with one attached hydrogen (secondary N) is 1. The summed E-state index contributed by atoms with van der Waals surface area (Å²) < 4.78 is 0. The Hall–Kier alpha value is -2.13. The van der Waals surface area contributed by atoms with Gasteiger partial charge in [0, 0.05) is 5.56 Å². The smallest absolute Gasteiger partial charge is 0.123 e. The van der Waals surface area contributed by atoms with Crippen LogP contribution in [0.25, 0.3) is 11.1 Å². The first kappa shape index (κ1) is 11.9. The minimum absolute atomic E-state index is 0. The number of hydrogen-bond acceptors (Lipinski definition) is 2. The van der Waals surface area contributed by atoms with Crippen LogP contribution >= 0.6 is 0 Å². The molecule has 0 heterocycles. The maximum Gasteiger partial charge on any atom is 0.123 e. The fourth-order valence-corrected chi connectivity index (χ4v) is 1.59. The highest BCUT2D eigenvalue weighted by molar-refractivity contribution is 6.01. The van der Waals surface area contributed by atoms with Gasteiger partial charge in [0.1, 0.15) is 5.84 Å². The molecule has 0 saturated heterocycles. The predicted octanol–water partition coefficient (Wildman–Crippen LogP) is 2.80. The SMILES string of the molecule is N.N=C(N)c1ccccc1-c1ccccc1. The predicted molar refractivity (Wildman–Crippen MR) is 67.9 cm³/mol. The fraction of sp³-hybridized carbons (Fsp3) is 0. The van der Waals surface area contributed by atoms with Gasteiger partial charge < -0.3 is 11.9 Å². The Morgan fingerprint density at radius 3 is 2.06 bits per heavy atom. The molecule has 0 saturated carbocycles. The van der Waals surface area contributed by atoms with Crippen molar-refractivity contribution in [2.45, 2.75) is 0 Å². The molecule has 3 nitrogen and oxygen atoms in total. The Bertz CT molecular complexity index is 478. The van der Waals surface area contributed by atoms with Crippen LogP contribution in [-0.2, 0) is 0 Å². The van der Waals surface area contributed by atoms with E-state index in [4.69, 9.17) is 11.1 Å². The van der Waals surface area contributed by atoms with Crippen LogP contribution in [0, 0.1) is 5.41 Å². The largest absolute Gasteiger partial charge is 0.384 e. The van der Waals surface area contributed by atoms with Crippen molar-refractivity contribution in [3.63, 3.8) is 0 Å². The average Bonchev–Trinajstić information content (AvgIpc) is 2.30. The molecule has 16 heavy (non-hydrogen) atoms. The molecule has 0 spiro atoms. The third kappa shape index (κ3) is 2.27. The number of benzene rings is 2. The van der Waals surface area contributed by atoms with E-state index in [2.05, 4.69) is 0 Å². The van der Waals surface area contributed by atoms with E-state index in [0.29, 0.717) is 0 Å². The van der Waals surface area contributed by atoms with Gasteiger partial charge in [-0.15, -0.1) is 0 Å². The lowest BCUT2D eigenvalue weighted by molar-refractivity contribution is 1.42. The van der Waals surface area contributed by atoms with E-state index < -0.39 is 0 Å². The zero-order valence-corrected chi connectivity index (χ0v) is 8.98. The Morgan fingerprint density at radius 1 is 0.875 bits per heavy atom. The van der Waals surface area contributed by atoms with Crippen molar-refractivity contribution in [2.75, 3.05) is 0 Å². The summed E-state index contributed by atoms with van der Waals surface area (Å²) in [4.78, 5) is 0. The summed E-state index contributed by atoms with van der Waals surface area (Å²) >= 11 is 0.